The summed E-state index contributed by atoms with van der Waals surface area (Å²) in [4.78, 5) is 3.02. The van der Waals surface area contributed by atoms with Crippen molar-refractivity contribution in [2.24, 2.45) is 0 Å². The van der Waals surface area contributed by atoms with E-state index in [0.29, 0.717) is 0 Å². The van der Waals surface area contributed by atoms with Gasteiger partial charge in [0.2, 0.25) is 0 Å². The quantitative estimate of drug-likeness (QED) is 0.800. The Hall–Kier alpha value is -0.830. The van der Waals surface area contributed by atoms with Gasteiger partial charge in [0.25, 0.3) is 0 Å². The molecule has 2 aromatic rings. The van der Waals surface area contributed by atoms with E-state index in [0.717, 1.165) is 21.6 Å². The highest BCUT2D eigenvalue weighted by Gasteiger charge is 1.97. The molecule has 1 N–H and O–H groups in total. The Morgan fingerprint density at radius 1 is 1.12 bits per heavy atom. The van der Waals surface area contributed by atoms with Crippen LogP contribution in [0.5, 0.6) is 0 Å². The van der Waals surface area contributed by atoms with Gasteiger partial charge in [0.05, 0.1) is 0 Å². The molecule has 84 valence electrons. The zero-order chi connectivity index (χ0) is 10.7. The highest BCUT2D eigenvalue weighted by atomic mass is 35.5. The molecule has 1 nitrogen and oxygen atoms in total. The molecule has 0 aliphatic heterocycles. The van der Waals surface area contributed by atoms with E-state index >= 15 is 0 Å². The minimum atomic E-state index is 0. The van der Waals surface area contributed by atoms with E-state index in [-0.39, 0.29) is 12.4 Å². The Bertz CT molecular complexity index is 505. The second kappa shape index (κ2) is 6.04. The molecular weight excluding hydrogens is 261 g/mol. The van der Waals surface area contributed by atoms with Crippen LogP contribution in [0, 0.1) is 4.64 Å². The summed E-state index contributed by atoms with van der Waals surface area (Å²) in [5, 5.41) is 0.761. The van der Waals surface area contributed by atoms with Crippen LogP contribution >= 0.6 is 36.2 Å². The number of aromatic amines is 1. The van der Waals surface area contributed by atoms with Crippen LogP contribution in [0.2, 0.25) is 5.02 Å². The molecule has 1 aromatic heterocycles. The SMILES string of the molecule is Cl.S=c1[nH]cccc1Cc1ccc(Cl)cc1. The van der Waals surface area contributed by atoms with Gasteiger partial charge in [-0.25, -0.2) is 0 Å². The number of rotatable bonds is 2. The number of aromatic nitrogens is 1. The number of halogens is 2. The third-order valence-corrected chi connectivity index (χ3v) is 2.84. The minimum absolute atomic E-state index is 0. The fourth-order valence-corrected chi connectivity index (χ4v) is 1.75. The maximum Gasteiger partial charge on any atom is 0.106 e. The second-order valence-electron chi connectivity index (χ2n) is 3.33. The van der Waals surface area contributed by atoms with Crippen LogP contribution in [0.1, 0.15) is 11.1 Å². The average Bonchev–Trinajstić information content (AvgIpc) is 2.25. The summed E-state index contributed by atoms with van der Waals surface area (Å²) in [5.74, 6) is 0. The predicted molar refractivity (Wildman–Crippen MR) is 73.1 cm³/mol. The van der Waals surface area contributed by atoms with Crippen LogP contribution in [-0.2, 0) is 6.42 Å². The molecule has 0 bridgehead atoms. The number of hydrogen-bond donors (Lipinski definition) is 1. The standard InChI is InChI=1S/C12H10ClNS.ClH/c13-11-5-3-9(4-6-11)8-10-2-1-7-14-12(10)15;/h1-7H,8H2,(H,14,15);1H. The molecule has 0 radical (unpaired) electrons. The van der Waals surface area contributed by atoms with Crippen LogP contribution < -0.4 is 0 Å². The van der Waals surface area contributed by atoms with Crippen molar-refractivity contribution in [1.29, 1.82) is 0 Å². The predicted octanol–water partition coefficient (Wildman–Crippen LogP) is 4.41. The summed E-state index contributed by atoms with van der Waals surface area (Å²) in [6, 6.07) is 11.8. The van der Waals surface area contributed by atoms with Gasteiger partial charge in [0.1, 0.15) is 4.64 Å². The fourth-order valence-electron chi connectivity index (χ4n) is 1.42. The Labute approximate surface area is 111 Å². The average molecular weight is 272 g/mol. The van der Waals surface area contributed by atoms with Crippen LogP contribution in [-0.4, -0.2) is 4.98 Å². The van der Waals surface area contributed by atoms with Gasteiger partial charge in [-0.1, -0.05) is 42.0 Å². The highest BCUT2D eigenvalue weighted by molar-refractivity contribution is 7.71. The number of pyridine rings is 1. The molecule has 1 heterocycles. The molecule has 0 spiro atoms. The van der Waals surface area contributed by atoms with Gasteiger partial charge in [-0.2, -0.15) is 0 Å². The van der Waals surface area contributed by atoms with E-state index in [1.54, 1.807) is 0 Å². The van der Waals surface area contributed by atoms with E-state index in [1.807, 2.05) is 42.6 Å². The smallest absolute Gasteiger partial charge is 0.106 e. The first-order valence-corrected chi connectivity index (χ1v) is 5.45. The zero-order valence-corrected chi connectivity index (χ0v) is 10.8. The summed E-state index contributed by atoms with van der Waals surface area (Å²) < 4.78 is 0.799. The van der Waals surface area contributed by atoms with Crippen molar-refractivity contribution in [3.8, 4) is 0 Å². The first-order chi connectivity index (χ1) is 7.25. The van der Waals surface area contributed by atoms with Crippen molar-refractivity contribution in [2.75, 3.05) is 0 Å². The molecule has 2 rings (SSSR count). The highest BCUT2D eigenvalue weighted by Crippen LogP contribution is 2.13. The van der Waals surface area contributed by atoms with Crippen molar-refractivity contribution in [3.63, 3.8) is 0 Å². The summed E-state index contributed by atoms with van der Waals surface area (Å²) in [5.41, 5.74) is 2.35. The lowest BCUT2D eigenvalue weighted by atomic mass is 10.1. The summed E-state index contributed by atoms with van der Waals surface area (Å²) in [7, 11) is 0. The van der Waals surface area contributed by atoms with Crippen LogP contribution in [0.25, 0.3) is 0 Å². The van der Waals surface area contributed by atoms with Gasteiger partial charge in [0, 0.05) is 17.6 Å². The third-order valence-electron chi connectivity index (χ3n) is 2.21. The lowest BCUT2D eigenvalue weighted by Crippen LogP contribution is -1.90. The van der Waals surface area contributed by atoms with Crippen LogP contribution in [0.15, 0.2) is 42.6 Å². The largest absolute Gasteiger partial charge is 0.353 e. The first kappa shape index (κ1) is 13.2. The van der Waals surface area contributed by atoms with Gasteiger partial charge >= 0.3 is 0 Å². The fraction of sp³-hybridized carbons (Fsp3) is 0.0833. The molecule has 0 saturated carbocycles. The van der Waals surface area contributed by atoms with Gasteiger partial charge < -0.3 is 4.98 Å². The Kier molecular flexibility index (Phi) is 5.00. The van der Waals surface area contributed by atoms with Crippen molar-refractivity contribution in [3.05, 3.63) is 63.4 Å². The molecule has 0 unspecified atom stereocenters. The third kappa shape index (κ3) is 3.34. The van der Waals surface area contributed by atoms with E-state index < -0.39 is 0 Å². The van der Waals surface area contributed by atoms with E-state index in [4.69, 9.17) is 23.8 Å². The number of benzene rings is 1. The number of hydrogen-bond acceptors (Lipinski definition) is 1. The van der Waals surface area contributed by atoms with Crippen molar-refractivity contribution < 1.29 is 0 Å². The van der Waals surface area contributed by atoms with Crippen molar-refractivity contribution in [2.45, 2.75) is 6.42 Å². The Balaban J connectivity index is 0.00000128. The lowest BCUT2D eigenvalue weighted by Gasteiger charge is -2.01. The lowest BCUT2D eigenvalue weighted by molar-refractivity contribution is 1.13. The monoisotopic (exact) mass is 271 g/mol. The molecule has 16 heavy (non-hydrogen) atoms. The molecule has 0 saturated heterocycles. The number of H-pyrrole nitrogens is 1. The van der Waals surface area contributed by atoms with E-state index in [1.165, 1.54) is 5.56 Å². The topological polar surface area (TPSA) is 15.8 Å². The first-order valence-electron chi connectivity index (χ1n) is 4.67. The van der Waals surface area contributed by atoms with Crippen LogP contribution in [0.4, 0.5) is 0 Å². The minimum Gasteiger partial charge on any atom is -0.353 e. The molecule has 0 atom stereocenters. The number of nitrogens with one attached hydrogen (secondary N) is 1. The zero-order valence-electron chi connectivity index (χ0n) is 8.44. The van der Waals surface area contributed by atoms with Crippen molar-refractivity contribution in [1.82, 2.24) is 4.98 Å². The molecule has 0 aliphatic rings. The molecule has 1 aromatic carbocycles. The van der Waals surface area contributed by atoms with Crippen molar-refractivity contribution >= 4 is 36.2 Å². The van der Waals surface area contributed by atoms with Gasteiger partial charge in [-0.15, -0.1) is 12.4 Å². The molecule has 0 amide bonds. The van der Waals surface area contributed by atoms with Gasteiger partial charge in [-0.05, 0) is 29.3 Å². The molecule has 4 heteroatoms. The maximum absolute atomic E-state index is 5.82. The van der Waals surface area contributed by atoms with Gasteiger partial charge in [0.15, 0.2) is 0 Å². The van der Waals surface area contributed by atoms with E-state index in [9.17, 15) is 0 Å². The Morgan fingerprint density at radius 2 is 1.81 bits per heavy atom. The van der Waals surface area contributed by atoms with Crippen LogP contribution in [0.3, 0.4) is 0 Å². The summed E-state index contributed by atoms with van der Waals surface area (Å²) in [6.45, 7) is 0. The molecular formula is C12H11Cl2NS. The normalized spacial score (nSPS) is 9.56. The second-order valence-corrected chi connectivity index (χ2v) is 4.17. The molecule has 0 aliphatic carbocycles. The van der Waals surface area contributed by atoms with Gasteiger partial charge in [-0.3, -0.25) is 0 Å². The van der Waals surface area contributed by atoms with E-state index in [2.05, 4.69) is 4.98 Å². The maximum atomic E-state index is 5.82. The summed E-state index contributed by atoms with van der Waals surface area (Å²) in [6.07, 6.45) is 2.68. The Morgan fingerprint density at radius 3 is 2.44 bits per heavy atom. The summed E-state index contributed by atoms with van der Waals surface area (Å²) >= 11 is 11.0. The molecule has 0 fully saturated rings.